The SMILES string of the molecule is CCCCC(=O)CC(O)C(C)C. The first-order valence-corrected chi connectivity index (χ1v) is 4.77. The lowest BCUT2D eigenvalue weighted by atomic mass is 10.00. The van der Waals surface area contributed by atoms with Crippen molar-refractivity contribution in [3.8, 4) is 0 Å². The van der Waals surface area contributed by atoms with E-state index in [9.17, 15) is 9.90 Å². The van der Waals surface area contributed by atoms with Gasteiger partial charge in [-0.3, -0.25) is 4.79 Å². The quantitative estimate of drug-likeness (QED) is 0.666. The summed E-state index contributed by atoms with van der Waals surface area (Å²) in [7, 11) is 0. The smallest absolute Gasteiger partial charge is 0.135 e. The van der Waals surface area contributed by atoms with Gasteiger partial charge in [0.15, 0.2) is 0 Å². The molecule has 0 aliphatic rings. The zero-order valence-electron chi connectivity index (χ0n) is 8.34. The van der Waals surface area contributed by atoms with Crippen molar-refractivity contribution in [2.24, 2.45) is 5.92 Å². The van der Waals surface area contributed by atoms with Crippen LogP contribution in [0.15, 0.2) is 0 Å². The molecule has 2 nitrogen and oxygen atoms in total. The fraction of sp³-hybridized carbons (Fsp3) is 0.900. The lowest BCUT2D eigenvalue weighted by molar-refractivity contribution is -0.121. The van der Waals surface area contributed by atoms with Crippen molar-refractivity contribution >= 4 is 5.78 Å². The summed E-state index contributed by atoms with van der Waals surface area (Å²) in [6.45, 7) is 5.92. The highest BCUT2D eigenvalue weighted by atomic mass is 16.3. The van der Waals surface area contributed by atoms with E-state index < -0.39 is 6.10 Å². The zero-order valence-corrected chi connectivity index (χ0v) is 8.34. The average molecular weight is 172 g/mol. The Morgan fingerprint density at radius 1 is 1.42 bits per heavy atom. The highest BCUT2D eigenvalue weighted by molar-refractivity contribution is 5.78. The fourth-order valence-corrected chi connectivity index (χ4v) is 0.945. The molecule has 1 N–H and O–H groups in total. The second-order valence-electron chi connectivity index (χ2n) is 3.66. The van der Waals surface area contributed by atoms with E-state index in [1.165, 1.54) is 0 Å². The number of unbranched alkanes of at least 4 members (excludes halogenated alkanes) is 1. The van der Waals surface area contributed by atoms with Crippen LogP contribution in [0.5, 0.6) is 0 Å². The van der Waals surface area contributed by atoms with E-state index in [-0.39, 0.29) is 11.7 Å². The van der Waals surface area contributed by atoms with Crippen molar-refractivity contribution in [1.82, 2.24) is 0 Å². The Balaban J connectivity index is 3.54. The van der Waals surface area contributed by atoms with Crippen molar-refractivity contribution < 1.29 is 9.90 Å². The van der Waals surface area contributed by atoms with Crippen molar-refractivity contribution in [1.29, 1.82) is 0 Å². The summed E-state index contributed by atoms with van der Waals surface area (Å²) >= 11 is 0. The highest BCUT2D eigenvalue weighted by Crippen LogP contribution is 2.08. The van der Waals surface area contributed by atoms with E-state index in [0.29, 0.717) is 12.8 Å². The Morgan fingerprint density at radius 2 is 2.00 bits per heavy atom. The minimum atomic E-state index is -0.450. The average Bonchev–Trinajstić information content (AvgIpc) is 2.00. The van der Waals surface area contributed by atoms with Crippen LogP contribution in [0.4, 0.5) is 0 Å². The van der Waals surface area contributed by atoms with Crippen molar-refractivity contribution in [2.75, 3.05) is 0 Å². The van der Waals surface area contributed by atoms with Crippen LogP contribution in [-0.4, -0.2) is 17.0 Å². The van der Waals surface area contributed by atoms with Crippen LogP contribution in [0.1, 0.15) is 46.5 Å². The maximum atomic E-state index is 11.2. The first kappa shape index (κ1) is 11.6. The Kier molecular flexibility index (Phi) is 5.99. The summed E-state index contributed by atoms with van der Waals surface area (Å²) in [6.07, 6.45) is 2.50. The van der Waals surface area contributed by atoms with E-state index in [2.05, 4.69) is 6.92 Å². The fourth-order valence-electron chi connectivity index (χ4n) is 0.945. The van der Waals surface area contributed by atoms with Gasteiger partial charge in [0, 0.05) is 12.8 Å². The first-order valence-electron chi connectivity index (χ1n) is 4.77. The van der Waals surface area contributed by atoms with Crippen LogP contribution in [0.2, 0.25) is 0 Å². The number of hydrogen-bond acceptors (Lipinski definition) is 2. The van der Waals surface area contributed by atoms with E-state index >= 15 is 0 Å². The molecule has 0 aromatic carbocycles. The largest absolute Gasteiger partial charge is 0.392 e. The molecule has 12 heavy (non-hydrogen) atoms. The van der Waals surface area contributed by atoms with Crippen LogP contribution in [0, 0.1) is 5.92 Å². The summed E-state index contributed by atoms with van der Waals surface area (Å²) in [6, 6.07) is 0. The predicted octanol–water partition coefficient (Wildman–Crippen LogP) is 2.15. The van der Waals surface area contributed by atoms with Gasteiger partial charge in [-0.1, -0.05) is 27.2 Å². The molecule has 1 atom stereocenters. The molecule has 0 amide bonds. The second-order valence-corrected chi connectivity index (χ2v) is 3.66. The molecule has 0 heterocycles. The Labute approximate surface area is 75.0 Å². The molecule has 72 valence electrons. The molecular weight excluding hydrogens is 152 g/mol. The van der Waals surface area contributed by atoms with E-state index in [0.717, 1.165) is 12.8 Å². The highest BCUT2D eigenvalue weighted by Gasteiger charge is 2.13. The molecule has 2 heteroatoms. The van der Waals surface area contributed by atoms with Gasteiger partial charge < -0.3 is 5.11 Å². The van der Waals surface area contributed by atoms with E-state index in [4.69, 9.17) is 0 Å². The molecule has 0 aliphatic carbocycles. The molecule has 1 unspecified atom stereocenters. The second kappa shape index (κ2) is 6.18. The normalized spacial score (nSPS) is 13.4. The molecule has 0 aliphatic heterocycles. The van der Waals surface area contributed by atoms with Gasteiger partial charge in [0.1, 0.15) is 5.78 Å². The van der Waals surface area contributed by atoms with E-state index in [1.807, 2.05) is 13.8 Å². The standard InChI is InChI=1S/C10H20O2/c1-4-5-6-9(11)7-10(12)8(2)3/h8,10,12H,4-7H2,1-3H3. The molecule has 0 bridgehead atoms. The van der Waals surface area contributed by atoms with E-state index in [1.54, 1.807) is 0 Å². The molecule has 0 spiro atoms. The number of aliphatic hydroxyl groups is 1. The number of aliphatic hydroxyl groups excluding tert-OH is 1. The van der Waals surface area contributed by atoms with Gasteiger partial charge in [0.05, 0.1) is 6.10 Å². The predicted molar refractivity (Wildman–Crippen MR) is 50.0 cm³/mol. The third-order valence-electron chi connectivity index (χ3n) is 2.02. The maximum Gasteiger partial charge on any atom is 0.135 e. The number of Topliss-reactive ketones (excluding diaryl/α,β-unsaturated/α-hetero) is 1. The van der Waals surface area contributed by atoms with Gasteiger partial charge in [-0.2, -0.15) is 0 Å². The molecule has 0 saturated carbocycles. The minimum absolute atomic E-state index is 0.190. The number of rotatable bonds is 6. The summed E-state index contributed by atoms with van der Waals surface area (Å²) in [5, 5.41) is 9.38. The van der Waals surface area contributed by atoms with Crippen LogP contribution < -0.4 is 0 Å². The Hall–Kier alpha value is -0.370. The van der Waals surface area contributed by atoms with Gasteiger partial charge in [-0.05, 0) is 12.3 Å². The molecule has 0 fully saturated rings. The van der Waals surface area contributed by atoms with Gasteiger partial charge >= 0.3 is 0 Å². The Bertz CT molecular complexity index is 130. The third-order valence-corrected chi connectivity index (χ3v) is 2.02. The summed E-state index contributed by atoms with van der Waals surface area (Å²) < 4.78 is 0. The lowest BCUT2D eigenvalue weighted by Gasteiger charge is -2.12. The van der Waals surface area contributed by atoms with Gasteiger partial charge in [0.25, 0.3) is 0 Å². The third kappa shape index (κ3) is 5.30. The summed E-state index contributed by atoms with van der Waals surface area (Å²) in [5.41, 5.74) is 0. The van der Waals surface area contributed by atoms with Crippen LogP contribution in [0.25, 0.3) is 0 Å². The lowest BCUT2D eigenvalue weighted by Crippen LogP contribution is -2.19. The topological polar surface area (TPSA) is 37.3 Å². The van der Waals surface area contributed by atoms with Crippen molar-refractivity contribution in [3.05, 3.63) is 0 Å². The van der Waals surface area contributed by atoms with Crippen LogP contribution in [0.3, 0.4) is 0 Å². The van der Waals surface area contributed by atoms with Crippen LogP contribution >= 0.6 is 0 Å². The number of carbonyl (C=O) groups excluding carboxylic acids is 1. The summed E-state index contributed by atoms with van der Waals surface area (Å²) in [4.78, 5) is 11.2. The number of carbonyl (C=O) groups is 1. The van der Waals surface area contributed by atoms with Gasteiger partial charge in [-0.15, -0.1) is 0 Å². The van der Waals surface area contributed by atoms with Crippen LogP contribution in [-0.2, 0) is 4.79 Å². The monoisotopic (exact) mass is 172 g/mol. The van der Waals surface area contributed by atoms with Gasteiger partial charge in [0.2, 0.25) is 0 Å². The molecule has 0 aromatic rings. The van der Waals surface area contributed by atoms with Crippen molar-refractivity contribution in [2.45, 2.75) is 52.6 Å². The molecule has 0 saturated heterocycles. The first-order chi connectivity index (χ1) is 5.57. The molecule has 0 radical (unpaired) electrons. The Morgan fingerprint density at radius 3 is 2.42 bits per heavy atom. The molecule has 0 aromatic heterocycles. The zero-order chi connectivity index (χ0) is 9.56. The summed E-state index contributed by atoms with van der Waals surface area (Å²) in [5.74, 6) is 0.383. The van der Waals surface area contributed by atoms with Gasteiger partial charge in [-0.25, -0.2) is 0 Å². The minimum Gasteiger partial charge on any atom is -0.392 e. The van der Waals surface area contributed by atoms with Crippen molar-refractivity contribution in [3.63, 3.8) is 0 Å². The maximum absolute atomic E-state index is 11.2. The number of ketones is 1. The molecular formula is C10H20O2. The molecule has 0 rings (SSSR count). The number of hydrogen-bond donors (Lipinski definition) is 1.